The minimum Gasteiger partial charge on any atom is -0.431 e. The zero-order valence-corrected chi connectivity index (χ0v) is 19.3. The third kappa shape index (κ3) is 4.93. The zero-order valence-electron chi connectivity index (χ0n) is 18.5. The standard InChI is InChI=1S/C27H18BFN2O3S/c28-15-22-20-10-9-19(33-27-30-11-12-35-27)14-24(20)34-26(32)21(22)13-18-7-4-8-23(25(18)29)31-16-17-5-2-1-3-6-17/h1-12,14,16H,13,15H2. The van der Waals surface area contributed by atoms with E-state index in [1.807, 2.05) is 30.3 Å². The smallest absolute Gasteiger partial charge is 0.340 e. The lowest BCUT2D eigenvalue weighted by atomic mass is 9.88. The van der Waals surface area contributed by atoms with Crippen molar-refractivity contribution in [3.05, 3.63) is 117 Å². The molecule has 8 heteroatoms. The van der Waals surface area contributed by atoms with Gasteiger partial charge in [0.25, 0.3) is 5.19 Å². The van der Waals surface area contributed by atoms with E-state index in [9.17, 15) is 4.79 Å². The fourth-order valence-electron chi connectivity index (χ4n) is 3.80. The van der Waals surface area contributed by atoms with Gasteiger partial charge in [0, 0.05) is 41.2 Å². The van der Waals surface area contributed by atoms with Gasteiger partial charge in [0.15, 0.2) is 5.82 Å². The number of thiazole rings is 1. The number of hydrogen-bond donors (Lipinski definition) is 0. The summed E-state index contributed by atoms with van der Waals surface area (Å²) in [5.74, 6) is -0.00399. The van der Waals surface area contributed by atoms with E-state index >= 15 is 4.39 Å². The van der Waals surface area contributed by atoms with Crippen molar-refractivity contribution in [3.8, 4) is 10.9 Å². The van der Waals surface area contributed by atoms with Crippen LogP contribution in [0, 0.1) is 5.82 Å². The second-order valence-corrected chi connectivity index (χ2v) is 8.56. The molecule has 0 aliphatic rings. The van der Waals surface area contributed by atoms with Gasteiger partial charge < -0.3 is 9.15 Å². The van der Waals surface area contributed by atoms with Gasteiger partial charge in [-0.2, -0.15) is 0 Å². The molecule has 5 rings (SSSR count). The second kappa shape index (κ2) is 10.1. The molecule has 0 fully saturated rings. The molecule has 35 heavy (non-hydrogen) atoms. The maximum atomic E-state index is 15.3. The predicted octanol–water partition coefficient (Wildman–Crippen LogP) is 6.19. The quantitative estimate of drug-likeness (QED) is 0.158. The monoisotopic (exact) mass is 480 g/mol. The lowest BCUT2D eigenvalue weighted by molar-refractivity contribution is 0.476. The van der Waals surface area contributed by atoms with Crippen LogP contribution in [0.15, 0.2) is 92.5 Å². The predicted molar refractivity (Wildman–Crippen MR) is 137 cm³/mol. The molecule has 2 radical (unpaired) electrons. The third-order valence-electron chi connectivity index (χ3n) is 5.49. The van der Waals surface area contributed by atoms with Gasteiger partial charge >= 0.3 is 5.63 Å². The highest BCUT2D eigenvalue weighted by Crippen LogP contribution is 2.30. The molecule has 0 unspecified atom stereocenters. The maximum Gasteiger partial charge on any atom is 0.340 e. The van der Waals surface area contributed by atoms with Crippen LogP contribution >= 0.6 is 11.3 Å². The Morgan fingerprint density at radius 1 is 1.09 bits per heavy atom. The largest absolute Gasteiger partial charge is 0.431 e. The van der Waals surface area contributed by atoms with Crippen LogP contribution in [-0.2, 0) is 12.7 Å². The first-order valence-corrected chi connectivity index (χ1v) is 11.7. The van der Waals surface area contributed by atoms with Gasteiger partial charge in [-0.1, -0.05) is 60.1 Å². The van der Waals surface area contributed by atoms with E-state index < -0.39 is 11.4 Å². The molecule has 0 aliphatic heterocycles. The highest BCUT2D eigenvalue weighted by molar-refractivity contribution is 7.11. The summed E-state index contributed by atoms with van der Waals surface area (Å²) in [5, 5.41) is 2.95. The summed E-state index contributed by atoms with van der Waals surface area (Å²) in [6, 6.07) is 19.5. The van der Waals surface area contributed by atoms with Crippen LogP contribution in [0.4, 0.5) is 10.1 Å². The van der Waals surface area contributed by atoms with Crippen molar-refractivity contribution in [1.82, 2.24) is 4.98 Å². The lowest BCUT2D eigenvalue weighted by Crippen LogP contribution is -2.13. The van der Waals surface area contributed by atoms with E-state index in [-0.39, 0.29) is 18.4 Å². The molecule has 0 saturated carbocycles. The van der Waals surface area contributed by atoms with Gasteiger partial charge in [0.1, 0.15) is 11.3 Å². The van der Waals surface area contributed by atoms with Gasteiger partial charge in [0.05, 0.1) is 13.5 Å². The van der Waals surface area contributed by atoms with Crippen LogP contribution in [0.5, 0.6) is 10.9 Å². The number of aromatic nitrogens is 1. The Kier molecular flexibility index (Phi) is 6.54. The molecule has 2 heterocycles. The molecule has 5 nitrogen and oxygen atoms in total. The molecule has 0 N–H and O–H groups in total. The molecule has 0 amide bonds. The SMILES string of the molecule is [B]Cc1c(Cc2cccc(N=Cc3ccccc3)c2F)c(=O)oc2cc(Oc3nccs3)ccc12. The summed E-state index contributed by atoms with van der Waals surface area (Å²) in [5.41, 5.74) is 2.08. The fraction of sp³-hybridized carbons (Fsp3) is 0.0741. The highest BCUT2D eigenvalue weighted by Gasteiger charge is 2.17. The van der Waals surface area contributed by atoms with Crippen molar-refractivity contribution in [2.75, 3.05) is 0 Å². The summed E-state index contributed by atoms with van der Waals surface area (Å²) in [7, 11) is 6.03. The summed E-state index contributed by atoms with van der Waals surface area (Å²) < 4.78 is 26.6. The van der Waals surface area contributed by atoms with Crippen molar-refractivity contribution in [1.29, 1.82) is 0 Å². The lowest BCUT2D eigenvalue weighted by Gasteiger charge is -2.12. The van der Waals surface area contributed by atoms with E-state index in [2.05, 4.69) is 9.98 Å². The van der Waals surface area contributed by atoms with E-state index in [1.165, 1.54) is 11.3 Å². The van der Waals surface area contributed by atoms with E-state index in [4.69, 9.17) is 17.0 Å². The van der Waals surface area contributed by atoms with Crippen LogP contribution in [-0.4, -0.2) is 19.0 Å². The topological polar surface area (TPSA) is 64.7 Å². The Hall–Kier alpha value is -4.04. The number of halogens is 1. The minimum absolute atomic E-state index is 0.0305. The van der Waals surface area contributed by atoms with Crippen molar-refractivity contribution in [3.63, 3.8) is 0 Å². The fourth-order valence-corrected chi connectivity index (χ4v) is 4.30. The Morgan fingerprint density at radius 3 is 2.71 bits per heavy atom. The van der Waals surface area contributed by atoms with Crippen LogP contribution < -0.4 is 10.4 Å². The van der Waals surface area contributed by atoms with Gasteiger partial charge in [-0.25, -0.2) is 14.2 Å². The van der Waals surface area contributed by atoms with Crippen LogP contribution in [0.1, 0.15) is 22.3 Å². The molecule has 0 atom stereocenters. The first-order valence-electron chi connectivity index (χ1n) is 10.8. The molecule has 0 bridgehead atoms. The number of aliphatic imine (C=N–C) groups is 1. The summed E-state index contributed by atoms with van der Waals surface area (Å²) in [4.78, 5) is 21.3. The molecular formula is C27H18BFN2O3S. The van der Waals surface area contributed by atoms with Gasteiger partial charge in [-0.05, 0) is 34.9 Å². The molecule has 170 valence electrons. The Balaban J connectivity index is 1.48. The second-order valence-electron chi connectivity index (χ2n) is 7.70. The average Bonchev–Trinajstić information content (AvgIpc) is 3.38. The average molecular weight is 480 g/mol. The molecule has 0 spiro atoms. The number of fused-ring (bicyclic) bond motifs is 1. The zero-order chi connectivity index (χ0) is 24.2. The van der Waals surface area contributed by atoms with Crippen molar-refractivity contribution in [2.45, 2.75) is 12.7 Å². The van der Waals surface area contributed by atoms with E-state index in [0.29, 0.717) is 38.6 Å². The van der Waals surface area contributed by atoms with Crippen molar-refractivity contribution < 1.29 is 13.5 Å². The van der Waals surface area contributed by atoms with Gasteiger partial charge in [-0.15, -0.1) is 0 Å². The summed E-state index contributed by atoms with van der Waals surface area (Å²) in [6.45, 7) is 0. The Morgan fingerprint density at radius 2 is 1.94 bits per heavy atom. The molecule has 0 saturated heterocycles. The Labute approximate surface area is 206 Å². The minimum atomic E-state index is -0.568. The maximum absolute atomic E-state index is 15.3. The number of rotatable bonds is 7. The van der Waals surface area contributed by atoms with Crippen molar-refractivity contribution in [2.24, 2.45) is 4.99 Å². The van der Waals surface area contributed by atoms with Crippen LogP contribution in [0.2, 0.25) is 0 Å². The van der Waals surface area contributed by atoms with Crippen LogP contribution in [0.3, 0.4) is 0 Å². The number of hydrogen-bond acceptors (Lipinski definition) is 6. The first-order chi connectivity index (χ1) is 17.1. The normalized spacial score (nSPS) is 11.3. The number of nitrogens with zero attached hydrogens (tertiary/aromatic N) is 2. The molecule has 0 aliphatic carbocycles. The Bertz CT molecular complexity index is 1570. The molecule has 2 aromatic heterocycles. The summed E-state index contributed by atoms with van der Waals surface area (Å²) in [6.07, 6.45) is 3.37. The molecule has 3 aromatic carbocycles. The van der Waals surface area contributed by atoms with E-state index in [1.54, 1.807) is 54.2 Å². The number of ether oxygens (including phenoxy) is 1. The van der Waals surface area contributed by atoms with Gasteiger partial charge in [-0.3, -0.25) is 4.99 Å². The highest BCUT2D eigenvalue weighted by atomic mass is 32.1. The van der Waals surface area contributed by atoms with Gasteiger partial charge in [0.2, 0.25) is 0 Å². The molecule has 5 aromatic rings. The summed E-state index contributed by atoms with van der Waals surface area (Å²) >= 11 is 1.35. The van der Waals surface area contributed by atoms with Crippen molar-refractivity contribution >= 4 is 42.1 Å². The first kappa shape index (κ1) is 22.7. The van der Waals surface area contributed by atoms with Crippen LogP contribution in [0.25, 0.3) is 11.0 Å². The number of benzene rings is 3. The third-order valence-corrected chi connectivity index (χ3v) is 6.14. The molecular weight excluding hydrogens is 462 g/mol. The van der Waals surface area contributed by atoms with E-state index in [0.717, 1.165) is 5.56 Å².